The van der Waals surface area contributed by atoms with Gasteiger partial charge in [-0.15, -0.1) is 11.3 Å². The average molecular weight is 525 g/mol. The Kier molecular flexibility index (Phi) is 8.61. The lowest BCUT2D eigenvalue weighted by atomic mass is 10.1. The van der Waals surface area contributed by atoms with E-state index in [0.29, 0.717) is 24.3 Å². The van der Waals surface area contributed by atoms with Crippen LogP contribution in [0.15, 0.2) is 58.3 Å². The van der Waals surface area contributed by atoms with Crippen molar-refractivity contribution in [2.75, 3.05) is 49.3 Å². The van der Waals surface area contributed by atoms with E-state index in [1.807, 2.05) is 34.5 Å². The first kappa shape index (κ1) is 25.7. The Morgan fingerprint density at radius 1 is 1.03 bits per heavy atom. The maximum atomic E-state index is 12.8. The van der Waals surface area contributed by atoms with Gasteiger partial charge in [0.2, 0.25) is 11.8 Å². The molecule has 2 amide bonds. The van der Waals surface area contributed by atoms with Gasteiger partial charge in [-0.25, -0.2) is 4.98 Å². The number of amides is 2. The van der Waals surface area contributed by atoms with Crippen LogP contribution in [0.25, 0.3) is 0 Å². The maximum absolute atomic E-state index is 12.8. The number of ether oxygens (including phenoxy) is 1. The Hall–Kier alpha value is -3.37. The fourth-order valence-electron chi connectivity index (χ4n) is 3.82. The molecule has 0 saturated carbocycles. The van der Waals surface area contributed by atoms with Gasteiger partial charge in [0.25, 0.3) is 0 Å². The molecule has 4 rings (SSSR count). The molecule has 10 heteroatoms. The third-order valence-electron chi connectivity index (χ3n) is 5.83. The summed E-state index contributed by atoms with van der Waals surface area (Å²) in [6, 6.07) is 14.8. The number of ketones is 1. The number of aromatic nitrogens is 1. The van der Waals surface area contributed by atoms with Crippen molar-refractivity contribution < 1.29 is 19.1 Å². The number of nitrogens with zero attached hydrogens (tertiary/aromatic N) is 3. The topological polar surface area (TPSA) is 91.8 Å². The summed E-state index contributed by atoms with van der Waals surface area (Å²) >= 11 is 2.80. The summed E-state index contributed by atoms with van der Waals surface area (Å²) in [4.78, 5) is 45.1. The first-order valence-corrected chi connectivity index (χ1v) is 13.4. The van der Waals surface area contributed by atoms with E-state index in [1.54, 1.807) is 38.3 Å². The Morgan fingerprint density at radius 2 is 1.72 bits per heavy atom. The molecule has 1 N–H and O–H groups in total. The predicted molar refractivity (Wildman–Crippen MR) is 143 cm³/mol. The van der Waals surface area contributed by atoms with E-state index in [0.717, 1.165) is 34.6 Å². The van der Waals surface area contributed by atoms with Crippen molar-refractivity contribution in [3.05, 3.63) is 65.2 Å². The van der Waals surface area contributed by atoms with Crippen molar-refractivity contribution >= 4 is 52.1 Å². The van der Waals surface area contributed by atoms with Gasteiger partial charge in [0.1, 0.15) is 5.75 Å². The molecule has 36 heavy (non-hydrogen) atoms. The van der Waals surface area contributed by atoms with Gasteiger partial charge in [0.15, 0.2) is 10.1 Å². The lowest BCUT2D eigenvalue weighted by Gasteiger charge is -2.36. The van der Waals surface area contributed by atoms with Gasteiger partial charge in [-0.1, -0.05) is 11.8 Å². The number of hydrogen-bond acceptors (Lipinski definition) is 8. The number of Topliss-reactive ketones (excluding diaryl/α,β-unsaturated/α-hetero) is 1. The molecule has 3 aromatic rings. The van der Waals surface area contributed by atoms with Gasteiger partial charge >= 0.3 is 0 Å². The minimum atomic E-state index is -0.119. The lowest BCUT2D eigenvalue weighted by Crippen LogP contribution is -2.49. The number of thiazole rings is 1. The molecule has 0 radical (unpaired) electrons. The molecule has 8 nitrogen and oxygen atoms in total. The number of anilines is 2. The quantitative estimate of drug-likeness (QED) is 0.334. The molecule has 0 bridgehead atoms. The summed E-state index contributed by atoms with van der Waals surface area (Å²) in [5, 5.41) is 4.73. The Bertz CT molecular complexity index is 1200. The Balaban J connectivity index is 1.20. The smallest absolute Gasteiger partial charge is 0.234 e. The van der Waals surface area contributed by atoms with Crippen LogP contribution in [0.2, 0.25) is 0 Å². The fraction of sp³-hybridized carbons (Fsp3) is 0.308. The highest BCUT2D eigenvalue weighted by molar-refractivity contribution is 8.01. The van der Waals surface area contributed by atoms with Gasteiger partial charge in [0.05, 0.1) is 25.0 Å². The van der Waals surface area contributed by atoms with E-state index in [9.17, 15) is 14.4 Å². The van der Waals surface area contributed by atoms with E-state index in [4.69, 9.17) is 4.74 Å². The molecule has 0 aliphatic carbocycles. The fourth-order valence-corrected chi connectivity index (χ4v) is 5.47. The number of hydrogen-bond donors (Lipinski definition) is 1. The molecule has 1 aliphatic heterocycles. The highest BCUT2D eigenvalue weighted by Gasteiger charge is 2.22. The normalized spacial score (nSPS) is 13.4. The summed E-state index contributed by atoms with van der Waals surface area (Å²) in [5.41, 5.74) is 3.20. The number of thioether (sulfide) groups is 1. The van der Waals surface area contributed by atoms with Gasteiger partial charge in [0, 0.05) is 48.5 Å². The summed E-state index contributed by atoms with van der Waals surface area (Å²) < 4.78 is 5.88. The zero-order valence-electron chi connectivity index (χ0n) is 20.2. The zero-order valence-corrected chi connectivity index (χ0v) is 21.9. The van der Waals surface area contributed by atoms with Crippen LogP contribution >= 0.6 is 23.1 Å². The van der Waals surface area contributed by atoms with Crippen LogP contribution in [0.1, 0.15) is 23.0 Å². The number of carbonyl (C=O) groups excluding carboxylic acids is 3. The summed E-state index contributed by atoms with van der Waals surface area (Å²) in [5.74, 6) is 0.960. The largest absolute Gasteiger partial charge is 0.497 e. The molecule has 1 saturated heterocycles. The van der Waals surface area contributed by atoms with E-state index < -0.39 is 0 Å². The third-order valence-corrected chi connectivity index (χ3v) is 7.90. The number of piperazine rings is 1. The Morgan fingerprint density at radius 3 is 2.36 bits per heavy atom. The van der Waals surface area contributed by atoms with Gasteiger partial charge in [-0.2, -0.15) is 0 Å². The van der Waals surface area contributed by atoms with Gasteiger partial charge in [-0.3, -0.25) is 14.4 Å². The summed E-state index contributed by atoms with van der Waals surface area (Å²) in [7, 11) is 1.60. The standard InChI is InChI=1S/C26H28N4O4S2/c1-18(31)19-3-7-22(8-4-19)29-11-13-30(14-12-29)25(33)15-21-16-35-26(28-21)36-17-24(32)27-20-5-9-23(34-2)10-6-20/h3-10,16H,11-15,17H2,1-2H3,(H,27,32). The van der Waals surface area contributed by atoms with E-state index in [1.165, 1.54) is 23.1 Å². The Labute approximate surface area is 218 Å². The average Bonchev–Trinajstić information content (AvgIpc) is 3.35. The predicted octanol–water partition coefficient (Wildman–Crippen LogP) is 3.98. The second kappa shape index (κ2) is 12.0. The van der Waals surface area contributed by atoms with Crippen molar-refractivity contribution in [1.82, 2.24) is 9.88 Å². The van der Waals surface area contributed by atoms with Crippen molar-refractivity contribution in [3.8, 4) is 5.75 Å². The monoisotopic (exact) mass is 524 g/mol. The van der Waals surface area contributed by atoms with Crippen LogP contribution in [-0.2, 0) is 16.0 Å². The van der Waals surface area contributed by atoms with Crippen molar-refractivity contribution in [2.45, 2.75) is 17.7 Å². The molecule has 1 fully saturated rings. The number of carbonyl (C=O) groups is 3. The van der Waals surface area contributed by atoms with Crippen LogP contribution in [0.4, 0.5) is 11.4 Å². The number of methoxy groups -OCH3 is 1. The molecule has 1 aliphatic rings. The number of rotatable bonds is 9. The molecular formula is C26H28N4O4S2. The van der Waals surface area contributed by atoms with Crippen molar-refractivity contribution in [1.29, 1.82) is 0 Å². The van der Waals surface area contributed by atoms with Crippen LogP contribution in [0.3, 0.4) is 0 Å². The molecule has 0 atom stereocenters. The number of nitrogens with one attached hydrogen (secondary N) is 1. The minimum Gasteiger partial charge on any atom is -0.497 e. The molecule has 1 aromatic heterocycles. The zero-order chi connectivity index (χ0) is 25.5. The third kappa shape index (κ3) is 6.86. The maximum Gasteiger partial charge on any atom is 0.234 e. The van der Waals surface area contributed by atoms with E-state index >= 15 is 0 Å². The van der Waals surface area contributed by atoms with Crippen molar-refractivity contribution in [2.24, 2.45) is 0 Å². The molecule has 0 spiro atoms. The van der Waals surface area contributed by atoms with Crippen molar-refractivity contribution in [3.63, 3.8) is 0 Å². The van der Waals surface area contributed by atoms with E-state index in [2.05, 4.69) is 15.2 Å². The number of benzene rings is 2. The summed E-state index contributed by atoms with van der Waals surface area (Å²) in [6.07, 6.45) is 0.252. The van der Waals surface area contributed by atoms with Crippen LogP contribution in [0.5, 0.6) is 5.75 Å². The first-order valence-electron chi connectivity index (χ1n) is 11.6. The van der Waals surface area contributed by atoms with Crippen LogP contribution in [-0.4, -0.2) is 66.5 Å². The van der Waals surface area contributed by atoms with Crippen LogP contribution in [0, 0.1) is 0 Å². The van der Waals surface area contributed by atoms with E-state index in [-0.39, 0.29) is 29.8 Å². The second-order valence-corrected chi connectivity index (χ2v) is 10.4. The SMILES string of the molecule is COc1ccc(NC(=O)CSc2nc(CC(=O)N3CCN(c4ccc(C(C)=O)cc4)CC3)cs2)cc1. The molecular weight excluding hydrogens is 496 g/mol. The van der Waals surface area contributed by atoms with Crippen LogP contribution < -0.4 is 15.0 Å². The molecule has 2 heterocycles. The summed E-state index contributed by atoms with van der Waals surface area (Å²) in [6.45, 7) is 4.33. The highest BCUT2D eigenvalue weighted by atomic mass is 32.2. The molecule has 2 aromatic carbocycles. The van der Waals surface area contributed by atoms with Gasteiger partial charge < -0.3 is 19.9 Å². The molecule has 188 valence electrons. The molecule has 0 unspecified atom stereocenters. The first-order chi connectivity index (χ1) is 17.4. The van der Waals surface area contributed by atoms with Gasteiger partial charge in [-0.05, 0) is 55.5 Å². The minimum absolute atomic E-state index is 0.0531. The highest BCUT2D eigenvalue weighted by Crippen LogP contribution is 2.24. The second-order valence-electron chi connectivity index (χ2n) is 8.32. The lowest BCUT2D eigenvalue weighted by molar-refractivity contribution is -0.130.